The molecule has 0 N–H and O–H groups in total. The van der Waals surface area contributed by atoms with Crippen molar-refractivity contribution in [2.45, 2.75) is 19.3 Å². The molecule has 2 saturated heterocycles. The summed E-state index contributed by atoms with van der Waals surface area (Å²) < 4.78 is 0.544. The molecule has 0 unspecified atom stereocenters. The van der Waals surface area contributed by atoms with E-state index in [0.29, 0.717) is 21.5 Å². The van der Waals surface area contributed by atoms with Gasteiger partial charge in [-0.2, -0.15) is 0 Å². The molecule has 0 atom stereocenters. The first kappa shape index (κ1) is 17.1. The van der Waals surface area contributed by atoms with E-state index in [2.05, 4.69) is 4.90 Å². The molecule has 0 aliphatic carbocycles. The van der Waals surface area contributed by atoms with Crippen molar-refractivity contribution in [2.75, 3.05) is 19.8 Å². The molecule has 0 bridgehead atoms. The van der Waals surface area contributed by atoms with Gasteiger partial charge in [0.25, 0.3) is 11.6 Å². The molecule has 1 aromatic carbocycles. The monoisotopic (exact) mass is 363 g/mol. The number of likely N-dealkylation sites (tertiary alicyclic amines) is 1. The number of rotatable bonds is 4. The lowest BCUT2D eigenvalue weighted by Gasteiger charge is -2.29. The molecule has 2 heterocycles. The number of hydrogen-bond acceptors (Lipinski definition) is 6. The summed E-state index contributed by atoms with van der Waals surface area (Å²) in [6, 6.07) is 6.23. The van der Waals surface area contributed by atoms with Gasteiger partial charge in [0, 0.05) is 12.1 Å². The van der Waals surface area contributed by atoms with Crippen LogP contribution in [0.15, 0.2) is 29.2 Å². The minimum atomic E-state index is -0.446. The van der Waals surface area contributed by atoms with Crippen LogP contribution in [0.1, 0.15) is 24.8 Å². The van der Waals surface area contributed by atoms with Crippen molar-refractivity contribution in [3.63, 3.8) is 0 Å². The predicted octanol–water partition coefficient (Wildman–Crippen LogP) is 3.24. The number of benzene rings is 1. The van der Waals surface area contributed by atoms with Gasteiger partial charge < -0.3 is 0 Å². The summed E-state index contributed by atoms with van der Waals surface area (Å²) in [7, 11) is 0. The van der Waals surface area contributed by atoms with Gasteiger partial charge in [-0.05, 0) is 37.6 Å². The maximum atomic E-state index is 12.6. The van der Waals surface area contributed by atoms with Gasteiger partial charge in [0.05, 0.1) is 16.5 Å². The van der Waals surface area contributed by atoms with E-state index in [1.165, 1.54) is 30.3 Å². The van der Waals surface area contributed by atoms with Crippen LogP contribution in [0.25, 0.3) is 6.08 Å². The van der Waals surface area contributed by atoms with Gasteiger partial charge in [-0.25, -0.2) is 0 Å². The largest absolute Gasteiger partial charge is 0.286 e. The van der Waals surface area contributed by atoms with Crippen LogP contribution in [-0.2, 0) is 4.79 Å². The van der Waals surface area contributed by atoms with E-state index < -0.39 is 4.92 Å². The fourth-order valence-electron chi connectivity index (χ4n) is 2.80. The molecule has 0 saturated carbocycles. The molecule has 24 heavy (non-hydrogen) atoms. The van der Waals surface area contributed by atoms with Gasteiger partial charge in [-0.1, -0.05) is 42.5 Å². The number of thiocarbonyl (C=S) groups is 1. The van der Waals surface area contributed by atoms with Crippen molar-refractivity contribution < 1.29 is 9.72 Å². The third-order valence-electron chi connectivity index (χ3n) is 4.04. The van der Waals surface area contributed by atoms with Gasteiger partial charge in [0.1, 0.15) is 4.32 Å². The SMILES string of the molecule is O=C1C(=Cc2cccc([N+](=O)[O-])c2)SC(=S)N1CN1CCCCC1. The molecule has 2 fully saturated rings. The van der Waals surface area contributed by atoms with E-state index in [0.717, 1.165) is 25.9 Å². The highest BCUT2D eigenvalue weighted by atomic mass is 32.2. The van der Waals surface area contributed by atoms with Gasteiger partial charge in [-0.15, -0.1) is 0 Å². The number of amides is 1. The van der Waals surface area contributed by atoms with E-state index in [4.69, 9.17) is 12.2 Å². The first-order valence-corrected chi connectivity index (χ1v) is 8.99. The smallest absolute Gasteiger partial charge is 0.270 e. The number of thioether (sulfide) groups is 1. The molecule has 2 aliphatic heterocycles. The minimum Gasteiger partial charge on any atom is -0.286 e. The standard InChI is InChI=1S/C16H17N3O3S2/c20-15-14(10-12-5-4-6-13(9-12)19(21)22)24-16(23)18(15)11-17-7-2-1-3-8-17/h4-6,9-10H,1-3,7-8,11H2. The Morgan fingerprint density at radius 3 is 2.75 bits per heavy atom. The third-order valence-corrected chi connectivity index (χ3v) is 5.42. The highest BCUT2D eigenvalue weighted by Crippen LogP contribution is 2.33. The van der Waals surface area contributed by atoms with E-state index in [-0.39, 0.29) is 11.6 Å². The molecule has 0 radical (unpaired) electrons. The molecule has 126 valence electrons. The topological polar surface area (TPSA) is 66.7 Å². The average Bonchev–Trinajstić information content (AvgIpc) is 2.83. The number of nitro groups is 1. The van der Waals surface area contributed by atoms with Gasteiger partial charge >= 0.3 is 0 Å². The van der Waals surface area contributed by atoms with Gasteiger partial charge in [0.2, 0.25) is 0 Å². The number of carbonyl (C=O) groups is 1. The lowest BCUT2D eigenvalue weighted by Crippen LogP contribution is -2.42. The zero-order valence-electron chi connectivity index (χ0n) is 13.0. The van der Waals surface area contributed by atoms with Crippen LogP contribution in [0.4, 0.5) is 5.69 Å². The first-order chi connectivity index (χ1) is 11.5. The van der Waals surface area contributed by atoms with Crippen LogP contribution in [0.2, 0.25) is 0 Å². The van der Waals surface area contributed by atoms with Crippen LogP contribution in [0.3, 0.4) is 0 Å². The first-order valence-electron chi connectivity index (χ1n) is 7.77. The maximum absolute atomic E-state index is 12.6. The zero-order valence-corrected chi connectivity index (χ0v) is 14.6. The Morgan fingerprint density at radius 1 is 1.29 bits per heavy atom. The molecule has 1 amide bonds. The fraction of sp³-hybridized carbons (Fsp3) is 0.375. The van der Waals surface area contributed by atoms with Crippen molar-refractivity contribution in [1.29, 1.82) is 0 Å². The molecule has 2 aliphatic rings. The Hall–Kier alpha value is -1.77. The van der Waals surface area contributed by atoms with Crippen LogP contribution in [-0.4, -0.2) is 44.7 Å². The molecular weight excluding hydrogens is 346 g/mol. The van der Waals surface area contributed by atoms with E-state index in [1.807, 2.05) is 0 Å². The lowest BCUT2D eigenvalue weighted by molar-refractivity contribution is -0.384. The maximum Gasteiger partial charge on any atom is 0.270 e. The number of piperidine rings is 1. The number of nitrogens with zero attached hydrogens (tertiary/aromatic N) is 3. The molecule has 0 spiro atoms. The van der Waals surface area contributed by atoms with Crippen molar-refractivity contribution in [2.24, 2.45) is 0 Å². The predicted molar refractivity (Wildman–Crippen MR) is 98.4 cm³/mol. The second kappa shape index (κ2) is 7.42. The Kier molecular flexibility index (Phi) is 5.27. The summed E-state index contributed by atoms with van der Waals surface area (Å²) in [6.07, 6.45) is 5.21. The normalized spacial score (nSPS) is 20.8. The van der Waals surface area contributed by atoms with E-state index in [9.17, 15) is 14.9 Å². The zero-order chi connectivity index (χ0) is 17.1. The summed E-state index contributed by atoms with van der Waals surface area (Å²) in [5.41, 5.74) is 0.634. The fourth-order valence-corrected chi connectivity index (χ4v) is 4.04. The van der Waals surface area contributed by atoms with Crippen LogP contribution in [0.5, 0.6) is 0 Å². The minimum absolute atomic E-state index is 0.00699. The van der Waals surface area contributed by atoms with E-state index >= 15 is 0 Å². The summed E-state index contributed by atoms with van der Waals surface area (Å²) in [6.45, 7) is 2.50. The van der Waals surface area contributed by atoms with Crippen molar-refractivity contribution in [3.8, 4) is 0 Å². The van der Waals surface area contributed by atoms with Crippen LogP contribution in [0, 0.1) is 10.1 Å². The number of carbonyl (C=O) groups excluding carboxylic acids is 1. The Bertz CT molecular complexity index is 714. The number of non-ortho nitro benzene ring substituents is 1. The van der Waals surface area contributed by atoms with Crippen molar-refractivity contribution in [1.82, 2.24) is 9.80 Å². The van der Waals surface area contributed by atoms with Crippen LogP contribution >= 0.6 is 24.0 Å². The van der Waals surface area contributed by atoms with Crippen molar-refractivity contribution >= 4 is 46.0 Å². The van der Waals surface area contributed by atoms with Gasteiger partial charge in [0.15, 0.2) is 0 Å². The summed E-state index contributed by atoms with van der Waals surface area (Å²) in [5.74, 6) is -0.123. The summed E-state index contributed by atoms with van der Waals surface area (Å²) in [5, 5.41) is 10.9. The average molecular weight is 363 g/mol. The molecule has 8 heteroatoms. The highest BCUT2D eigenvalue weighted by molar-refractivity contribution is 8.26. The second-order valence-electron chi connectivity index (χ2n) is 5.78. The molecular formula is C16H17N3O3S2. The van der Waals surface area contributed by atoms with Gasteiger partial charge in [-0.3, -0.25) is 24.7 Å². The summed E-state index contributed by atoms with van der Waals surface area (Å²) >= 11 is 6.59. The Balaban J connectivity index is 1.75. The lowest BCUT2D eigenvalue weighted by atomic mass is 10.1. The molecule has 1 aromatic rings. The Labute approximate surface area is 149 Å². The Morgan fingerprint density at radius 2 is 2.04 bits per heavy atom. The summed E-state index contributed by atoms with van der Waals surface area (Å²) in [4.78, 5) is 27.4. The van der Waals surface area contributed by atoms with Crippen molar-refractivity contribution in [3.05, 3.63) is 44.8 Å². The second-order valence-corrected chi connectivity index (χ2v) is 7.46. The number of nitro benzene ring substituents is 1. The number of hydrogen-bond donors (Lipinski definition) is 0. The highest BCUT2D eigenvalue weighted by Gasteiger charge is 2.33. The third kappa shape index (κ3) is 3.82. The van der Waals surface area contributed by atoms with Crippen LogP contribution < -0.4 is 0 Å². The molecule has 6 nitrogen and oxygen atoms in total. The quantitative estimate of drug-likeness (QED) is 0.354. The molecule has 3 rings (SSSR count). The molecule has 0 aromatic heterocycles. The van der Waals surface area contributed by atoms with E-state index in [1.54, 1.807) is 23.1 Å².